The molecule has 0 heterocycles. The molecule has 0 radical (unpaired) electrons. The molecule has 0 bridgehead atoms. The molecule has 84 valence electrons. The molecule has 0 rings (SSSR count). The molecule has 0 aliphatic rings. The van der Waals surface area contributed by atoms with Crippen LogP contribution in [0.5, 0.6) is 0 Å². The molecule has 0 fully saturated rings. The summed E-state index contributed by atoms with van der Waals surface area (Å²) in [6, 6.07) is 0. The lowest BCUT2D eigenvalue weighted by Crippen LogP contribution is -2.38. The van der Waals surface area contributed by atoms with Gasteiger partial charge in [-0.25, -0.2) is 0 Å². The molecule has 0 aliphatic carbocycles. The third kappa shape index (κ3) is 5.90. The van der Waals surface area contributed by atoms with Crippen LogP contribution in [-0.2, 0) is 9.53 Å². The Kier molecular flexibility index (Phi) is 7.37. The highest BCUT2D eigenvalue weighted by Gasteiger charge is 2.13. The fraction of sp³-hybridized carbons (Fsp3) is 0.889. The number of carbonyl (C=O) groups is 1. The number of rotatable bonds is 7. The average molecular weight is 205 g/mol. The van der Waals surface area contributed by atoms with Gasteiger partial charge in [-0.2, -0.15) is 0 Å². The first-order chi connectivity index (χ1) is 6.63. The minimum absolute atomic E-state index is 0.154. The predicted octanol–water partition coefficient (Wildman–Crippen LogP) is -0.775. The molecule has 0 aromatic rings. The fourth-order valence-electron chi connectivity index (χ4n) is 1.15. The highest BCUT2D eigenvalue weighted by atomic mass is 16.5. The SMILES string of the molecule is CCCN(CC(=O)OC)CC(O)CO. The quantitative estimate of drug-likeness (QED) is 0.534. The number of carbonyl (C=O) groups excluding carboxylic acids is 1. The van der Waals surface area contributed by atoms with Gasteiger partial charge in [0.2, 0.25) is 0 Å². The number of aliphatic hydroxyl groups excluding tert-OH is 2. The van der Waals surface area contributed by atoms with Gasteiger partial charge in [0, 0.05) is 6.54 Å². The van der Waals surface area contributed by atoms with Crippen molar-refractivity contribution in [3.63, 3.8) is 0 Å². The van der Waals surface area contributed by atoms with Crippen LogP contribution in [0.4, 0.5) is 0 Å². The minimum Gasteiger partial charge on any atom is -0.468 e. The Hall–Kier alpha value is -0.650. The number of aliphatic hydroxyl groups is 2. The number of methoxy groups -OCH3 is 1. The normalized spacial score (nSPS) is 12.9. The van der Waals surface area contributed by atoms with E-state index in [2.05, 4.69) is 4.74 Å². The Morgan fingerprint density at radius 1 is 1.57 bits per heavy atom. The number of esters is 1. The molecule has 0 amide bonds. The van der Waals surface area contributed by atoms with Crippen molar-refractivity contribution in [2.45, 2.75) is 19.4 Å². The molecule has 5 nitrogen and oxygen atoms in total. The predicted molar refractivity (Wildman–Crippen MR) is 51.8 cm³/mol. The third-order valence-electron chi connectivity index (χ3n) is 1.80. The molecule has 0 aromatic heterocycles. The molecular formula is C9H19NO4. The van der Waals surface area contributed by atoms with E-state index in [1.165, 1.54) is 7.11 Å². The lowest BCUT2D eigenvalue weighted by Gasteiger charge is -2.22. The lowest BCUT2D eigenvalue weighted by atomic mass is 10.3. The maximum atomic E-state index is 11.0. The second-order valence-corrected chi connectivity index (χ2v) is 3.15. The Morgan fingerprint density at radius 3 is 2.64 bits per heavy atom. The van der Waals surface area contributed by atoms with Gasteiger partial charge in [0.25, 0.3) is 0 Å². The van der Waals surface area contributed by atoms with Gasteiger partial charge in [-0.05, 0) is 13.0 Å². The van der Waals surface area contributed by atoms with Gasteiger partial charge in [0.1, 0.15) is 0 Å². The molecule has 0 aliphatic heterocycles. The van der Waals surface area contributed by atoms with Gasteiger partial charge in [-0.1, -0.05) is 6.92 Å². The van der Waals surface area contributed by atoms with E-state index in [4.69, 9.17) is 5.11 Å². The fourth-order valence-corrected chi connectivity index (χ4v) is 1.15. The number of ether oxygens (including phenoxy) is 1. The second-order valence-electron chi connectivity index (χ2n) is 3.15. The van der Waals surface area contributed by atoms with Crippen LogP contribution in [0.2, 0.25) is 0 Å². The van der Waals surface area contributed by atoms with Crippen molar-refractivity contribution < 1.29 is 19.7 Å². The Labute approximate surface area is 84.3 Å². The van der Waals surface area contributed by atoms with Gasteiger partial charge >= 0.3 is 5.97 Å². The van der Waals surface area contributed by atoms with Crippen LogP contribution >= 0.6 is 0 Å². The van der Waals surface area contributed by atoms with Crippen molar-refractivity contribution in [1.29, 1.82) is 0 Å². The van der Waals surface area contributed by atoms with E-state index in [9.17, 15) is 9.90 Å². The zero-order valence-corrected chi connectivity index (χ0v) is 8.77. The number of hydrogen-bond acceptors (Lipinski definition) is 5. The van der Waals surface area contributed by atoms with Crippen molar-refractivity contribution in [3.8, 4) is 0 Å². The smallest absolute Gasteiger partial charge is 0.319 e. The van der Waals surface area contributed by atoms with Gasteiger partial charge in [0.05, 0.1) is 26.4 Å². The zero-order chi connectivity index (χ0) is 11.0. The first-order valence-corrected chi connectivity index (χ1v) is 4.72. The molecule has 1 unspecified atom stereocenters. The van der Waals surface area contributed by atoms with Crippen LogP contribution < -0.4 is 0 Å². The summed E-state index contributed by atoms with van der Waals surface area (Å²) in [6.45, 7) is 2.84. The van der Waals surface area contributed by atoms with Crippen LogP contribution in [-0.4, -0.2) is 60.5 Å². The molecule has 2 N–H and O–H groups in total. The van der Waals surface area contributed by atoms with Crippen LogP contribution in [0, 0.1) is 0 Å². The first-order valence-electron chi connectivity index (χ1n) is 4.72. The Morgan fingerprint density at radius 2 is 2.21 bits per heavy atom. The van der Waals surface area contributed by atoms with E-state index in [0.29, 0.717) is 13.1 Å². The zero-order valence-electron chi connectivity index (χ0n) is 8.77. The van der Waals surface area contributed by atoms with Crippen LogP contribution in [0.3, 0.4) is 0 Å². The second kappa shape index (κ2) is 7.73. The molecular weight excluding hydrogens is 186 g/mol. The summed E-state index contributed by atoms with van der Waals surface area (Å²) in [5.41, 5.74) is 0. The summed E-state index contributed by atoms with van der Waals surface area (Å²) in [5, 5.41) is 17.8. The maximum absolute atomic E-state index is 11.0. The van der Waals surface area contributed by atoms with Gasteiger partial charge in [-0.15, -0.1) is 0 Å². The van der Waals surface area contributed by atoms with E-state index in [0.717, 1.165) is 6.42 Å². The van der Waals surface area contributed by atoms with Crippen LogP contribution in [0.1, 0.15) is 13.3 Å². The van der Waals surface area contributed by atoms with Gasteiger partial charge in [-0.3, -0.25) is 9.69 Å². The van der Waals surface area contributed by atoms with Crippen molar-refractivity contribution >= 4 is 5.97 Å². The van der Waals surface area contributed by atoms with E-state index in [1.807, 2.05) is 6.92 Å². The topological polar surface area (TPSA) is 70.0 Å². The van der Waals surface area contributed by atoms with E-state index >= 15 is 0 Å². The summed E-state index contributed by atoms with van der Waals surface area (Å²) in [4.78, 5) is 12.7. The van der Waals surface area contributed by atoms with Gasteiger partial charge < -0.3 is 14.9 Å². The average Bonchev–Trinajstić information content (AvgIpc) is 2.17. The number of hydrogen-bond donors (Lipinski definition) is 2. The molecule has 0 saturated carbocycles. The molecule has 0 spiro atoms. The van der Waals surface area contributed by atoms with Crippen LogP contribution in [0.25, 0.3) is 0 Å². The van der Waals surface area contributed by atoms with Gasteiger partial charge in [0.15, 0.2) is 0 Å². The summed E-state index contributed by atoms with van der Waals surface area (Å²) in [7, 11) is 1.33. The molecule has 1 atom stereocenters. The van der Waals surface area contributed by atoms with E-state index in [1.54, 1.807) is 4.90 Å². The largest absolute Gasteiger partial charge is 0.468 e. The Bertz CT molecular complexity index is 163. The molecule has 0 aromatic carbocycles. The summed E-state index contributed by atoms with van der Waals surface area (Å²) in [5.74, 6) is -0.330. The van der Waals surface area contributed by atoms with E-state index < -0.39 is 6.10 Å². The summed E-state index contributed by atoms with van der Waals surface area (Å²) < 4.78 is 4.52. The molecule has 0 saturated heterocycles. The summed E-state index contributed by atoms with van der Waals surface area (Å²) >= 11 is 0. The number of nitrogens with zero attached hydrogens (tertiary/aromatic N) is 1. The van der Waals surface area contributed by atoms with E-state index in [-0.39, 0.29) is 19.1 Å². The summed E-state index contributed by atoms with van der Waals surface area (Å²) in [6.07, 6.45) is 0.0843. The first kappa shape index (κ1) is 13.4. The minimum atomic E-state index is -0.800. The van der Waals surface area contributed by atoms with Crippen molar-refractivity contribution in [1.82, 2.24) is 4.90 Å². The molecule has 14 heavy (non-hydrogen) atoms. The lowest BCUT2D eigenvalue weighted by molar-refractivity contribution is -0.142. The maximum Gasteiger partial charge on any atom is 0.319 e. The van der Waals surface area contributed by atoms with Crippen LogP contribution in [0.15, 0.2) is 0 Å². The van der Waals surface area contributed by atoms with Crippen molar-refractivity contribution in [2.24, 2.45) is 0 Å². The third-order valence-corrected chi connectivity index (χ3v) is 1.80. The highest BCUT2D eigenvalue weighted by Crippen LogP contribution is 1.95. The molecule has 5 heteroatoms. The Balaban J connectivity index is 3.94. The standard InChI is InChI=1S/C9H19NO4/c1-3-4-10(5-8(12)7-11)6-9(13)14-2/h8,11-12H,3-7H2,1-2H3. The monoisotopic (exact) mass is 205 g/mol. The van der Waals surface area contributed by atoms with Crippen molar-refractivity contribution in [2.75, 3.05) is 33.4 Å². The van der Waals surface area contributed by atoms with Crippen molar-refractivity contribution in [3.05, 3.63) is 0 Å². The highest BCUT2D eigenvalue weighted by molar-refractivity contribution is 5.71.